The predicted molar refractivity (Wildman–Crippen MR) is 90.9 cm³/mol. The average Bonchev–Trinajstić information content (AvgIpc) is 2.52. The molecule has 1 fully saturated rings. The Hall–Kier alpha value is -1.52. The van der Waals surface area contributed by atoms with Crippen LogP contribution in [0.5, 0.6) is 11.5 Å². The molecule has 0 amide bonds. The van der Waals surface area contributed by atoms with Crippen LogP contribution in [-0.2, 0) is 0 Å². The number of ether oxygens (including phenoxy) is 2. The van der Waals surface area contributed by atoms with Crippen molar-refractivity contribution >= 4 is 0 Å². The Morgan fingerprint density at radius 3 is 2.23 bits per heavy atom. The predicted octanol–water partition coefficient (Wildman–Crippen LogP) is 2.92. The smallest absolute Gasteiger partial charge is 0.127 e. The van der Waals surface area contributed by atoms with Crippen LogP contribution in [0.4, 0.5) is 0 Å². The number of hydrogen-bond donors (Lipinski definition) is 1. The molecule has 1 atom stereocenters. The third-order valence-corrected chi connectivity index (χ3v) is 4.16. The number of methoxy groups -OCH3 is 2. The summed E-state index contributed by atoms with van der Waals surface area (Å²) in [5, 5.41) is 3.41. The fourth-order valence-corrected chi connectivity index (χ4v) is 3.14. The fourth-order valence-electron chi connectivity index (χ4n) is 3.14. The van der Waals surface area contributed by atoms with Gasteiger partial charge in [-0.2, -0.15) is 0 Å². The average molecular weight is 304 g/mol. The molecular formula is C18H28N2O2. The van der Waals surface area contributed by atoms with Gasteiger partial charge >= 0.3 is 0 Å². The van der Waals surface area contributed by atoms with Crippen molar-refractivity contribution in [2.75, 3.05) is 40.4 Å². The number of aryl methyl sites for hydroxylation is 1. The van der Waals surface area contributed by atoms with Crippen LogP contribution in [0.1, 0.15) is 30.5 Å². The molecule has 1 saturated heterocycles. The zero-order valence-electron chi connectivity index (χ0n) is 14.2. The molecule has 1 aliphatic heterocycles. The maximum absolute atomic E-state index is 5.67. The van der Waals surface area contributed by atoms with Crippen molar-refractivity contribution in [2.24, 2.45) is 0 Å². The van der Waals surface area contributed by atoms with Crippen LogP contribution in [0, 0.1) is 6.92 Å². The zero-order chi connectivity index (χ0) is 16.1. The van der Waals surface area contributed by atoms with Crippen molar-refractivity contribution in [1.29, 1.82) is 0 Å². The van der Waals surface area contributed by atoms with Crippen LogP contribution in [0.15, 0.2) is 24.3 Å². The second kappa shape index (κ2) is 7.65. The van der Waals surface area contributed by atoms with E-state index in [2.05, 4.69) is 42.8 Å². The lowest BCUT2D eigenvalue weighted by molar-refractivity contribution is 0.166. The van der Waals surface area contributed by atoms with E-state index in [1.165, 1.54) is 5.57 Å². The largest absolute Gasteiger partial charge is 0.496 e. The van der Waals surface area contributed by atoms with Gasteiger partial charge in [0.1, 0.15) is 11.5 Å². The van der Waals surface area contributed by atoms with E-state index in [0.717, 1.165) is 55.2 Å². The van der Waals surface area contributed by atoms with Crippen LogP contribution in [-0.4, -0.2) is 45.3 Å². The van der Waals surface area contributed by atoms with Gasteiger partial charge in [0.25, 0.3) is 0 Å². The van der Waals surface area contributed by atoms with Gasteiger partial charge in [-0.3, -0.25) is 4.90 Å². The lowest BCUT2D eigenvalue weighted by Crippen LogP contribution is -2.45. The van der Waals surface area contributed by atoms with E-state index in [-0.39, 0.29) is 6.04 Å². The van der Waals surface area contributed by atoms with E-state index >= 15 is 0 Å². The summed E-state index contributed by atoms with van der Waals surface area (Å²) in [7, 11) is 3.46. The van der Waals surface area contributed by atoms with E-state index in [0.29, 0.717) is 0 Å². The number of hydrogen-bond acceptors (Lipinski definition) is 4. The van der Waals surface area contributed by atoms with Crippen molar-refractivity contribution in [1.82, 2.24) is 10.2 Å². The van der Waals surface area contributed by atoms with Crippen LogP contribution >= 0.6 is 0 Å². The summed E-state index contributed by atoms with van der Waals surface area (Å²) in [5.74, 6) is 1.81. The normalized spacial score (nSPS) is 17.1. The number of rotatable bonds is 6. The lowest BCUT2D eigenvalue weighted by atomic mass is 9.95. The summed E-state index contributed by atoms with van der Waals surface area (Å²) < 4.78 is 11.3. The van der Waals surface area contributed by atoms with Gasteiger partial charge in [0.2, 0.25) is 0 Å². The maximum atomic E-state index is 5.67. The van der Waals surface area contributed by atoms with Crippen LogP contribution in [0.25, 0.3) is 0 Å². The van der Waals surface area contributed by atoms with Crippen molar-refractivity contribution in [3.8, 4) is 11.5 Å². The number of nitrogens with zero attached hydrogens (tertiary/aromatic N) is 1. The monoisotopic (exact) mass is 304 g/mol. The highest BCUT2D eigenvalue weighted by molar-refractivity contribution is 5.50. The fraction of sp³-hybridized carbons (Fsp3) is 0.556. The molecule has 1 N–H and O–H groups in total. The van der Waals surface area contributed by atoms with E-state index in [1.54, 1.807) is 14.2 Å². The van der Waals surface area contributed by atoms with Crippen molar-refractivity contribution in [3.63, 3.8) is 0 Å². The third kappa shape index (κ3) is 3.81. The topological polar surface area (TPSA) is 33.7 Å². The van der Waals surface area contributed by atoms with Crippen molar-refractivity contribution in [2.45, 2.75) is 26.3 Å². The maximum Gasteiger partial charge on any atom is 0.127 e. The first-order valence-electron chi connectivity index (χ1n) is 7.88. The first kappa shape index (κ1) is 16.8. The van der Waals surface area contributed by atoms with Gasteiger partial charge in [0, 0.05) is 32.2 Å². The molecule has 0 bridgehead atoms. The van der Waals surface area contributed by atoms with Gasteiger partial charge < -0.3 is 14.8 Å². The Morgan fingerprint density at radius 1 is 1.23 bits per heavy atom. The van der Waals surface area contributed by atoms with Crippen molar-refractivity contribution in [3.05, 3.63) is 35.4 Å². The molecule has 0 aliphatic carbocycles. The molecule has 0 radical (unpaired) electrons. The molecule has 4 nitrogen and oxygen atoms in total. The standard InChI is InChI=1S/C18H28N2O2/c1-13(2)10-15(20-8-6-19-7-9-20)18-16(21-4)11-14(3)12-17(18)22-5/h11-12,15,19H,1,6-10H2,2-5H3/t15-/m1/s1. The highest BCUT2D eigenvalue weighted by Gasteiger charge is 2.28. The minimum Gasteiger partial charge on any atom is -0.496 e. The van der Waals surface area contributed by atoms with E-state index in [9.17, 15) is 0 Å². The summed E-state index contributed by atoms with van der Waals surface area (Å²) in [5.41, 5.74) is 3.46. The van der Waals surface area contributed by atoms with Crippen LogP contribution in [0.2, 0.25) is 0 Å². The van der Waals surface area contributed by atoms with Crippen LogP contribution in [0.3, 0.4) is 0 Å². The summed E-state index contributed by atoms with van der Waals surface area (Å²) in [6.07, 6.45) is 0.912. The van der Waals surface area contributed by atoms with Gasteiger partial charge in [-0.1, -0.05) is 5.57 Å². The molecule has 1 heterocycles. The molecule has 1 aromatic carbocycles. The Bertz CT molecular complexity index is 497. The first-order chi connectivity index (χ1) is 10.6. The van der Waals surface area contributed by atoms with Gasteiger partial charge in [0.05, 0.1) is 19.8 Å². The Labute approximate surface area is 134 Å². The van der Waals surface area contributed by atoms with E-state index in [1.807, 2.05) is 0 Å². The third-order valence-electron chi connectivity index (χ3n) is 4.16. The lowest BCUT2D eigenvalue weighted by Gasteiger charge is -2.36. The van der Waals surface area contributed by atoms with Gasteiger partial charge in [-0.25, -0.2) is 0 Å². The molecule has 0 aromatic heterocycles. The SMILES string of the molecule is C=C(C)C[C@H](c1c(OC)cc(C)cc1OC)N1CCNCC1. The van der Waals surface area contributed by atoms with Crippen molar-refractivity contribution < 1.29 is 9.47 Å². The quantitative estimate of drug-likeness (QED) is 0.819. The van der Waals surface area contributed by atoms with E-state index in [4.69, 9.17) is 9.47 Å². The second-order valence-corrected chi connectivity index (χ2v) is 6.05. The highest BCUT2D eigenvalue weighted by Crippen LogP contribution is 2.41. The minimum absolute atomic E-state index is 0.241. The number of piperazine rings is 1. The van der Waals surface area contributed by atoms with Gasteiger partial charge in [0.15, 0.2) is 0 Å². The Morgan fingerprint density at radius 2 is 1.77 bits per heavy atom. The molecule has 1 aromatic rings. The minimum atomic E-state index is 0.241. The summed E-state index contributed by atoms with van der Waals surface area (Å²) in [4.78, 5) is 2.50. The molecule has 2 rings (SSSR count). The summed E-state index contributed by atoms with van der Waals surface area (Å²) >= 11 is 0. The molecular weight excluding hydrogens is 276 g/mol. The highest BCUT2D eigenvalue weighted by atomic mass is 16.5. The molecule has 0 saturated carbocycles. The van der Waals surface area contributed by atoms with Gasteiger partial charge in [-0.15, -0.1) is 6.58 Å². The second-order valence-electron chi connectivity index (χ2n) is 6.05. The summed E-state index contributed by atoms with van der Waals surface area (Å²) in [6.45, 7) is 12.4. The number of benzene rings is 1. The molecule has 22 heavy (non-hydrogen) atoms. The zero-order valence-corrected chi connectivity index (χ0v) is 14.2. The first-order valence-corrected chi connectivity index (χ1v) is 7.88. The molecule has 122 valence electrons. The molecule has 0 unspecified atom stereocenters. The van der Waals surface area contributed by atoms with Gasteiger partial charge in [-0.05, 0) is 38.0 Å². The summed E-state index contributed by atoms with van der Waals surface area (Å²) in [6, 6.07) is 4.42. The van der Waals surface area contributed by atoms with Crippen LogP contribution < -0.4 is 14.8 Å². The number of nitrogens with one attached hydrogen (secondary N) is 1. The molecule has 1 aliphatic rings. The Balaban J connectivity index is 2.47. The molecule has 0 spiro atoms. The van der Waals surface area contributed by atoms with E-state index < -0.39 is 0 Å². The Kier molecular flexibility index (Phi) is 5.86. The molecule has 4 heteroatoms.